The van der Waals surface area contributed by atoms with Crippen LogP contribution in [0.4, 0.5) is 0 Å². The lowest BCUT2D eigenvalue weighted by molar-refractivity contribution is 0.117. The molecule has 0 bridgehead atoms. The lowest BCUT2D eigenvalue weighted by atomic mass is 9.93. The molecule has 0 unspecified atom stereocenters. The summed E-state index contributed by atoms with van der Waals surface area (Å²) in [6, 6.07) is 7.73. The summed E-state index contributed by atoms with van der Waals surface area (Å²) in [6.45, 7) is 2.11. The zero-order valence-electron chi connectivity index (χ0n) is 12.5. The molecule has 0 heterocycles. The van der Waals surface area contributed by atoms with Crippen molar-refractivity contribution in [1.82, 2.24) is 4.90 Å². The summed E-state index contributed by atoms with van der Waals surface area (Å²) in [6.07, 6.45) is 10.6. The Labute approximate surface area is 122 Å². The van der Waals surface area contributed by atoms with Gasteiger partial charge in [0.25, 0.3) is 0 Å². The van der Waals surface area contributed by atoms with Gasteiger partial charge in [0.2, 0.25) is 0 Å². The second-order valence-corrected chi connectivity index (χ2v) is 6.44. The fourth-order valence-electron chi connectivity index (χ4n) is 3.92. The first-order valence-corrected chi connectivity index (χ1v) is 8.32. The fourth-order valence-corrected chi connectivity index (χ4v) is 3.92. The number of hydrogen-bond donors (Lipinski definition) is 1. The summed E-state index contributed by atoms with van der Waals surface area (Å²) >= 11 is 0. The van der Waals surface area contributed by atoms with Crippen molar-refractivity contribution in [3.63, 3.8) is 0 Å². The molecule has 0 atom stereocenters. The fraction of sp³-hybridized carbons (Fsp3) is 0.667. The zero-order chi connectivity index (χ0) is 13.8. The normalized spacial score (nSPS) is 19.5. The molecule has 1 N–H and O–H groups in total. The maximum Gasteiger partial charge on any atom is 0.0558 e. The molecule has 0 radical (unpaired) electrons. The van der Waals surface area contributed by atoms with Crippen molar-refractivity contribution in [2.24, 2.45) is 0 Å². The van der Waals surface area contributed by atoms with Crippen LogP contribution in [0.3, 0.4) is 0 Å². The van der Waals surface area contributed by atoms with Gasteiger partial charge < -0.3 is 5.11 Å². The van der Waals surface area contributed by atoms with E-state index in [4.69, 9.17) is 0 Å². The van der Waals surface area contributed by atoms with E-state index in [-0.39, 0.29) is 6.61 Å². The molecule has 2 heteroatoms. The lowest BCUT2D eigenvalue weighted by Crippen LogP contribution is -2.38. The summed E-state index contributed by atoms with van der Waals surface area (Å²) in [7, 11) is 0. The smallest absolute Gasteiger partial charge is 0.0558 e. The molecule has 1 saturated carbocycles. The lowest BCUT2D eigenvalue weighted by Gasteiger charge is -2.34. The number of aliphatic hydroxyl groups is 1. The zero-order valence-corrected chi connectivity index (χ0v) is 12.5. The Balaban J connectivity index is 1.68. The van der Waals surface area contributed by atoms with Crippen molar-refractivity contribution in [2.45, 2.75) is 64.0 Å². The molecule has 110 valence electrons. The van der Waals surface area contributed by atoms with E-state index in [1.54, 1.807) is 11.1 Å². The van der Waals surface area contributed by atoms with Gasteiger partial charge in [-0.2, -0.15) is 0 Å². The first-order chi connectivity index (χ1) is 9.86. The van der Waals surface area contributed by atoms with Gasteiger partial charge in [-0.25, -0.2) is 0 Å². The van der Waals surface area contributed by atoms with E-state index in [1.165, 1.54) is 56.9 Å². The largest absolute Gasteiger partial charge is 0.395 e. The van der Waals surface area contributed by atoms with Gasteiger partial charge in [-0.1, -0.05) is 37.5 Å². The Hall–Kier alpha value is -0.860. The SMILES string of the molecule is OCCN(Cc1ccc2c(c1)CCC2)C1CCCCC1. The molecular weight excluding hydrogens is 246 g/mol. The van der Waals surface area contributed by atoms with Gasteiger partial charge in [0.15, 0.2) is 0 Å². The van der Waals surface area contributed by atoms with Crippen LogP contribution in [0, 0.1) is 0 Å². The summed E-state index contributed by atoms with van der Waals surface area (Å²) in [5.74, 6) is 0. The van der Waals surface area contributed by atoms with Crippen LogP contribution in [-0.4, -0.2) is 29.2 Å². The summed E-state index contributed by atoms with van der Waals surface area (Å²) < 4.78 is 0. The number of nitrogens with zero attached hydrogens (tertiary/aromatic N) is 1. The van der Waals surface area contributed by atoms with E-state index in [0.29, 0.717) is 6.04 Å². The van der Waals surface area contributed by atoms with Gasteiger partial charge in [-0.3, -0.25) is 4.90 Å². The average molecular weight is 273 g/mol. The maximum absolute atomic E-state index is 9.36. The van der Waals surface area contributed by atoms with Gasteiger partial charge in [0, 0.05) is 19.1 Å². The summed E-state index contributed by atoms with van der Waals surface area (Å²) in [5, 5.41) is 9.36. The van der Waals surface area contributed by atoms with Crippen LogP contribution in [0.25, 0.3) is 0 Å². The Morgan fingerprint density at radius 2 is 1.80 bits per heavy atom. The molecule has 1 aromatic rings. The molecule has 0 saturated heterocycles. The molecule has 0 amide bonds. The number of hydrogen-bond acceptors (Lipinski definition) is 2. The minimum absolute atomic E-state index is 0.279. The molecular formula is C18H27NO. The summed E-state index contributed by atoms with van der Waals surface area (Å²) in [4.78, 5) is 2.51. The van der Waals surface area contributed by atoms with Gasteiger partial charge in [0.1, 0.15) is 0 Å². The van der Waals surface area contributed by atoms with Gasteiger partial charge in [-0.05, 0) is 48.8 Å². The highest BCUT2D eigenvalue weighted by atomic mass is 16.3. The number of rotatable bonds is 5. The number of aliphatic hydroxyl groups excluding tert-OH is 1. The third-order valence-corrected chi connectivity index (χ3v) is 5.03. The van der Waals surface area contributed by atoms with E-state index >= 15 is 0 Å². The molecule has 0 aliphatic heterocycles. The van der Waals surface area contributed by atoms with Gasteiger partial charge >= 0.3 is 0 Å². The highest BCUT2D eigenvalue weighted by Gasteiger charge is 2.21. The van der Waals surface area contributed by atoms with Crippen LogP contribution in [0.2, 0.25) is 0 Å². The Kier molecular flexibility index (Phi) is 4.74. The standard InChI is InChI=1S/C18H27NO/c20-12-11-19(18-7-2-1-3-8-18)14-15-9-10-16-5-4-6-17(16)13-15/h9-10,13,18,20H,1-8,11-12,14H2. The van der Waals surface area contributed by atoms with Crippen molar-refractivity contribution in [3.05, 3.63) is 34.9 Å². The molecule has 1 fully saturated rings. The topological polar surface area (TPSA) is 23.5 Å². The minimum Gasteiger partial charge on any atom is -0.395 e. The van der Waals surface area contributed by atoms with E-state index in [9.17, 15) is 5.11 Å². The molecule has 20 heavy (non-hydrogen) atoms. The molecule has 2 nitrogen and oxygen atoms in total. The first-order valence-electron chi connectivity index (χ1n) is 8.32. The third-order valence-electron chi connectivity index (χ3n) is 5.03. The van der Waals surface area contributed by atoms with Crippen molar-refractivity contribution in [3.8, 4) is 0 Å². The molecule has 2 aliphatic carbocycles. The minimum atomic E-state index is 0.279. The van der Waals surface area contributed by atoms with Crippen molar-refractivity contribution in [1.29, 1.82) is 0 Å². The van der Waals surface area contributed by atoms with Crippen LogP contribution >= 0.6 is 0 Å². The molecule has 0 aromatic heterocycles. The predicted octanol–water partition coefficient (Wildman–Crippen LogP) is 3.30. The van der Waals surface area contributed by atoms with Crippen molar-refractivity contribution < 1.29 is 5.11 Å². The van der Waals surface area contributed by atoms with E-state index in [2.05, 4.69) is 23.1 Å². The molecule has 3 rings (SSSR count). The van der Waals surface area contributed by atoms with Gasteiger partial charge in [0.05, 0.1) is 6.61 Å². The number of fused-ring (bicyclic) bond motifs is 1. The van der Waals surface area contributed by atoms with E-state index < -0.39 is 0 Å². The Morgan fingerprint density at radius 3 is 2.60 bits per heavy atom. The highest BCUT2D eigenvalue weighted by Crippen LogP contribution is 2.26. The average Bonchev–Trinajstić information content (AvgIpc) is 2.95. The van der Waals surface area contributed by atoms with Crippen LogP contribution < -0.4 is 0 Å². The molecule has 1 aromatic carbocycles. The van der Waals surface area contributed by atoms with Gasteiger partial charge in [-0.15, -0.1) is 0 Å². The van der Waals surface area contributed by atoms with Crippen LogP contribution in [0.5, 0.6) is 0 Å². The van der Waals surface area contributed by atoms with Crippen molar-refractivity contribution >= 4 is 0 Å². The predicted molar refractivity (Wildman–Crippen MR) is 82.8 cm³/mol. The Morgan fingerprint density at radius 1 is 1.00 bits per heavy atom. The molecule has 2 aliphatic rings. The number of benzene rings is 1. The van der Waals surface area contributed by atoms with E-state index in [0.717, 1.165) is 13.1 Å². The third kappa shape index (κ3) is 3.24. The van der Waals surface area contributed by atoms with E-state index in [1.807, 2.05) is 0 Å². The Bertz CT molecular complexity index is 437. The monoisotopic (exact) mass is 273 g/mol. The van der Waals surface area contributed by atoms with Crippen LogP contribution in [0.15, 0.2) is 18.2 Å². The van der Waals surface area contributed by atoms with Crippen LogP contribution in [-0.2, 0) is 19.4 Å². The molecule has 0 spiro atoms. The quantitative estimate of drug-likeness (QED) is 0.890. The first kappa shape index (κ1) is 14.1. The summed E-state index contributed by atoms with van der Waals surface area (Å²) in [5.41, 5.74) is 4.56. The van der Waals surface area contributed by atoms with Crippen molar-refractivity contribution in [2.75, 3.05) is 13.2 Å². The maximum atomic E-state index is 9.36. The highest BCUT2D eigenvalue weighted by molar-refractivity contribution is 5.35. The second kappa shape index (κ2) is 6.73. The van der Waals surface area contributed by atoms with Crippen LogP contribution in [0.1, 0.15) is 55.2 Å². The second-order valence-electron chi connectivity index (χ2n) is 6.44. The number of aryl methyl sites for hydroxylation is 2.